The number of carbonyl (C=O) groups excluding carboxylic acids is 1. The van der Waals surface area contributed by atoms with Crippen LogP contribution in [-0.2, 0) is 19.5 Å². The topological polar surface area (TPSA) is 44.4 Å². The van der Waals surface area contributed by atoms with Crippen LogP contribution < -0.4 is 10.6 Å². The number of hydrogen-bond acceptors (Lipinski definition) is 2. The summed E-state index contributed by atoms with van der Waals surface area (Å²) in [6.45, 7) is 3.50. The maximum Gasteiger partial charge on any atom is 0.319 e. The molecule has 23 heavy (non-hydrogen) atoms. The molecule has 4 heteroatoms. The fourth-order valence-electron chi connectivity index (χ4n) is 2.43. The summed E-state index contributed by atoms with van der Waals surface area (Å²) in [7, 11) is 4.09. The summed E-state index contributed by atoms with van der Waals surface area (Å²) in [5, 5.41) is 5.78. The van der Waals surface area contributed by atoms with Crippen molar-refractivity contribution >= 4 is 11.7 Å². The molecule has 0 bridgehead atoms. The van der Waals surface area contributed by atoms with Gasteiger partial charge in [0.2, 0.25) is 0 Å². The molecule has 0 spiro atoms. The van der Waals surface area contributed by atoms with E-state index in [4.69, 9.17) is 0 Å². The van der Waals surface area contributed by atoms with Crippen LogP contribution in [0.25, 0.3) is 0 Å². The van der Waals surface area contributed by atoms with Gasteiger partial charge in [-0.1, -0.05) is 43.3 Å². The minimum Gasteiger partial charge on any atom is -0.334 e. The van der Waals surface area contributed by atoms with Crippen LogP contribution in [0.4, 0.5) is 10.5 Å². The molecule has 2 amide bonds. The zero-order valence-electron chi connectivity index (χ0n) is 14.1. The Labute approximate surface area is 138 Å². The van der Waals surface area contributed by atoms with Crippen molar-refractivity contribution in [1.29, 1.82) is 0 Å². The molecule has 2 N–H and O–H groups in total. The smallest absolute Gasteiger partial charge is 0.319 e. The van der Waals surface area contributed by atoms with Crippen molar-refractivity contribution in [3.8, 4) is 0 Å². The summed E-state index contributed by atoms with van der Waals surface area (Å²) in [4.78, 5) is 14.1. The average molecular weight is 311 g/mol. The number of benzene rings is 2. The second-order valence-corrected chi connectivity index (χ2v) is 5.92. The molecular formula is C19H25N3O. The molecule has 122 valence electrons. The molecule has 0 heterocycles. The number of hydrogen-bond donors (Lipinski definition) is 2. The molecule has 0 aliphatic rings. The molecule has 0 aliphatic carbocycles. The minimum absolute atomic E-state index is 0.184. The number of nitrogens with one attached hydrogen (secondary N) is 2. The fourth-order valence-corrected chi connectivity index (χ4v) is 2.43. The maximum absolute atomic E-state index is 12.0. The number of carbonyl (C=O) groups is 1. The van der Waals surface area contributed by atoms with Gasteiger partial charge in [0.05, 0.1) is 0 Å². The van der Waals surface area contributed by atoms with Crippen LogP contribution in [0, 0.1) is 0 Å². The predicted octanol–water partition coefficient (Wildman–Crippen LogP) is 3.63. The van der Waals surface area contributed by atoms with Gasteiger partial charge in [0.25, 0.3) is 0 Å². The zero-order chi connectivity index (χ0) is 16.7. The third-order valence-corrected chi connectivity index (χ3v) is 3.54. The Morgan fingerprint density at radius 1 is 1.00 bits per heavy atom. The monoisotopic (exact) mass is 311 g/mol. The Kier molecular flexibility index (Phi) is 6.18. The van der Waals surface area contributed by atoms with Crippen LogP contribution in [0.1, 0.15) is 23.6 Å². The minimum atomic E-state index is -0.184. The van der Waals surface area contributed by atoms with Crippen molar-refractivity contribution in [2.24, 2.45) is 0 Å². The lowest BCUT2D eigenvalue weighted by atomic mass is 10.1. The Bertz CT molecular complexity index is 653. The molecule has 0 fully saturated rings. The first-order chi connectivity index (χ1) is 11.1. The first kappa shape index (κ1) is 17.0. The van der Waals surface area contributed by atoms with Crippen LogP contribution in [-0.4, -0.2) is 25.0 Å². The molecule has 2 rings (SSSR count). The summed E-state index contributed by atoms with van der Waals surface area (Å²) < 4.78 is 0. The Balaban J connectivity index is 1.88. The first-order valence-electron chi connectivity index (χ1n) is 7.93. The Morgan fingerprint density at radius 2 is 1.70 bits per heavy atom. The quantitative estimate of drug-likeness (QED) is 0.855. The third-order valence-electron chi connectivity index (χ3n) is 3.54. The van der Waals surface area contributed by atoms with E-state index in [2.05, 4.69) is 40.7 Å². The average Bonchev–Trinajstić information content (AvgIpc) is 2.53. The van der Waals surface area contributed by atoms with Crippen molar-refractivity contribution < 1.29 is 4.79 Å². The summed E-state index contributed by atoms with van der Waals surface area (Å²) in [6.07, 6.45) is 0.954. The van der Waals surface area contributed by atoms with Gasteiger partial charge in [0.15, 0.2) is 0 Å². The van der Waals surface area contributed by atoms with Crippen LogP contribution in [0.3, 0.4) is 0 Å². The van der Waals surface area contributed by atoms with Gasteiger partial charge in [0, 0.05) is 18.8 Å². The third kappa shape index (κ3) is 5.75. The van der Waals surface area contributed by atoms with Crippen molar-refractivity contribution in [3.63, 3.8) is 0 Å². The van der Waals surface area contributed by atoms with E-state index in [0.29, 0.717) is 6.54 Å². The van der Waals surface area contributed by atoms with Crippen LogP contribution in [0.2, 0.25) is 0 Å². The van der Waals surface area contributed by atoms with Gasteiger partial charge < -0.3 is 15.5 Å². The van der Waals surface area contributed by atoms with Crippen LogP contribution in [0.15, 0.2) is 48.5 Å². The SMILES string of the molecule is CCc1cccc(NC(=O)NCc2cccc(CN(C)C)c2)c1. The fraction of sp³-hybridized carbons (Fsp3) is 0.316. The maximum atomic E-state index is 12.0. The summed E-state index contributed by atoms with van der Waals surface area (Å²) >= 11 is 0. The summed E-state index contributed by atoms with van der Waals surface area (Å²) in [6, 6.07) is 16.0. The molecule has 0 aromatic heterocycles. The molecule has 0 aliphatic heterocycles. The van der Waals surface area contributed by atoms with Crippen molar-refractivity contribution in [2.45, 2.75) is 26.4 Å². The highest BCUT2D eigenvalue weighted by molar-refractivity contribution is 5.89. The molecular weight excluding hydrogens is 286 g/mol. The highest BCUT2D eigenvalue weighted by Gasteiger charge is 2.03. The standard InChI is InChI=1S/C19H25N3O/c1-4-15-7-6-10-18(12-15)21-19(23)20-13-16-8-5-9-17(11-16)14-22(2)3/h5-12H,4,13-14H2,1-3H3,(H2,20,21,23). The number of amides is 2. The van der Waals surface area contributed by atoms with Gasteiger partial charge in [0.1, 0.15) is 0 Å². The summed E-state index contributed by atoms with van der Waals surface area (Å²) in [5.74, 6) is 0. The predicted molar refractivity (Wildman–Crippen MR) is 95.5 cm³/mol. The molecule has 4 nitrogen and oxygen atoms in total. The van der Waals surface area contributed by atoms with Gasteiger partial charge in [-0.2, -0.15) is 0 Å². The van der Waals surface area contributed by atoms with Gasteiger partial charge in [-0.25, -0.2) is 4.79 Å². The highest BCUT2D eigenvalue weighted by atomic mass is 16.2. The van der Waals surface area contributed by atoms with E-state index >= 15 is 0 Å². The van der Waals surface area contributed by atoms with Crippen LogP contribution in [0.5, 0.6) is 0 Å². The normalized spacial score (nSPS) is 10.6. The lowest BCUT2D eigenvalue weighted by Crippen LogP contribution is -2.28. The Morgan fingerprint density at radius 3 is 2.43 bits per heavy atom. The second-order valence-electron chi connectivity index (χ2n) is 5.92. The number of anilines is 1. The number of urea groups is 1. The lowest BCUT2D eigenvalue weighted by Gasteiger charge is -2.12. The highest BCUT2D eigenvalue weighted by Crippen LogP contribution is 2.11. The number of rotatable bonds is 6. The van der Waals surface area contributed by atoms with Gasteiger partial charge in [-0.3, -0.25) is 0 Å². The van der Waals surface area contributed by atoms with Crippen molar-refractivity contribution in [2.75, 3.05) is 19.4 Å². The summed E-state index contributed by atoms with van der Waals surface area (Å²) in [5.41, 5.74) is 4.37. The molecule has 0 unspecified atom stereocenters. The second kappa shape index (κ2) is 8.34. The van der Waals surface area contributed by atoms with E-state index < -0.39 is 0 Å². The van der Waals surface area contributed by atoms with Crippen LogP contribution >= 0.6 is 0 Å². The van der Waals surface area contributed by atoms with E-state index in [1.54, 1.807) is 0 Å². The largest absolute Gasteiger partial charge is 0.334 e. The van der Waals surface area contributed by atoms with Gasteiger partial charge >= 0.3 is 6.03 Å². The molecule has 2 aromatic carbocycles. The molecule has 0 atom stereocenters. The van der Waals surface area contributed by atoms with Crippen molar-refractivity contribution in [3.05, 3.63) is 65.2 Å². The van der Waals surface area contributed by atoms with Gasteiger partial charge in [-0.15, -0.1) is 0 Å². The first-order valence-corrected chi connectivity index (χ1v) is 7.93. The number of aryl methyl sites for hydroxylation is 1. The Hall–Kier alpha value is -2.33. The zero-order valence-corrected chi connectivity index (χ0v) is 14.1. The number of nitrogens with zero attached hydrogens (tertiary/aromatic N) is 1. The van der Waals surface area contributed by atoms with E-state index in [1.165, 1.54) is 11.1 Å². The molecule has 0 radical (unpaired) electrons. The van der Waals surface area contributed by atoms with E-state index in [9.17, 15) is 4.79 Å². The van der Waals surface area contributed by atoms with E-state index in [-0.39, 0.29) is 6.03 Å². The molecule has 0 saturated carbocycles. The van der Waals surface area contributed by atoms with E-state index in [0.717, 1.165) is 24.2 Å². The van der Waals surface area contributed by atoms with Crippen molar-refractivity contribution in [1.82, 2.24) is 10.2 Å². The van der Waals surface area contributed by atoms with E-state index in [1.807, 2.05) is 44.4 Å². The molecule has 2 aromatic rings. The van der Waals surface area contributed by atoms with Gasteiger partial charge in [-0.05, 0) is 49.3 Å². The lowest BCUT2D eigenvalue weighted by molar-refractivity contribution is 0.251. The molecule has 0 saturated heterocycles.